The lowest BCUT2D eigenvalue weighted by Gasteiger charge is -2.19. The Balaban J connectivity index is 2.74. The molecule has 3 heteroatoms. The van der Waals surface area contributed by atoms with Crippen molar-refractivity contribution in [1.82, 2.24) is 4.98 Å². The Kier molecular flexibility index (Phi) is 2.55. The van der Waals surface area contributed by atoms with E-state index in [0.717, 1.165) is 10.9 Å². The second-order valence-corrected chi connectivity index (χ2v) is 5.38. The second kappa shape index (κ2) is 3.63. The van der Waals surface area contributed by atoms with Gasteiger partial charge in [-0.1, -0.05) is 38.4 Å². The van der Waals surface area contributed by atoms with Gasteiger partial charge in [0.2, 0.25) is 0 Å². The minimum atomic E-state index is -0.180. The molecule has 2 nitrogen and oxygen atoms in total. The minimum Gasteiger partial charge on any atom is -0.506 e. The van der Waals surface area contributed by atoms with Gasteiger partial charge < -0.3 is 5.11 Å². The number of halogens is 1. The van der Waals surface area contributed by atoms with Crippen LogP contribution in [0, 0.1) is 0 Å². The SMILES string of the molecule is CC(C)(C)c1nc2cc(Cl)ccc2cc1O. The molecule has 0 aliphatic rings. The first-order chi connectivity index (χ1) is 7.38. The number of benzene rings is 1. The second-order valence-electron chi connectivity index (χ2n) is 4.94. The van der Waals surface area contributed by atoms with Crippen molar-refractivity contribution < 1.29 is 5.11 Å². The number of rotatable bonds is 0. The molecule has 1 N–H and O–H groups in total. The number of fused-ring (bicyclic) bond motifs is 1. The molecule has 2 rings (SSSR count). The standard InChI is InChI=1S/C13H14ClNO/c1-13(2,3)12-11(16)6-8-4-5-9(14)7-10(8)15-12/h4-7,16H,1-3H3. The van der Waals surface area contributed by atoms with Crippen molar-refractivity contribution in [2.45, 2.75) is 26.2 Å². The molecule has 0 fully saturated rings. The van der Waals surface area contributed by atoms with Crippen molar-refractivity contribution in [3.05, 3.63) is 35.0 Å². The van der Waals surface area contributed by atoms with E-state index in [1.807, 2.05) is 32.9 Å². The van der Waals surface area contributed by atoms with Crippen molar-refractivity contribution in [3.8, 4) is 5.75 Å². The monoisotopic (exact) mass is 235 g/mol. The number of nitrogens with zero attached hydrogens (tertiary/aromatic N) is 1. The Labute approximate surface area is 99.9 Å². The molecule has 0 atom stereocenters. The zero-order chi connectivity index (χ0) is 11.9. The average molecular weight is 236 g/mol. The summed E-state index contributed by atoms with van der Waals surface area (Å²) >= 11 is 5.92. The third kappa shape index (κ3) is 1.98. The predicted octanol–water partition coefficient (Wildman–Crippen LogP) is 3.89. The maximum absolute atomic E-state index is 9.92. The van der Waals surface area contributed by atoms with E-state index in [-0.39, 0.29) is 11.2 Å². The van der Waals surface area contributed by atoms with Gasteiger partial charge in [0.15, 0.2) is 0 Å². The molecule has 1 aromatic heterocycles. The number of hydrogen-bond acceptors (Lipinski definition) is 2. The topological polar surface area (TPSA) is 33.1 Å². The molecule has 0 amide bonds. The van der Waals surface area contributed by atoms with Gasteiger partial charge in [-0.3, -0.25) is 0 Å². The summed E-state index contributed by atoms with van der Waals surface area (Å²) in [4.78, 5) is 4.47. The molecule has 0 saturated heterocycles. The van der Waals surface area contributed by atoms with Gasteiger partial charge in [0.05, 0.1) is 11.2 Å². The fourth-order valence-electron chi connectivity index (χ4n) is 1.68. The largest absolute Gasteiger partial charge is 0.506 e. The summed E-state index contributed by atoms with van der Waals surface area (Å²) in [5.41, 5.74) is 1.33. The molecule has 0 spiro atoms. The normalized spacial score (nSPS) is 12.0. The minimum absolute atomic E-state index is 0.180. The molecule has 0 aliphatic carbocycles. The van der Waals surface area contributed by atoms with E-state index in [1.54, 1.807) is 12.1 Å². The summed E-state index contributed by atoms with van der Waals surface area (Å²) in [6.45, 7) is 6.06. The maximum Gasteiger partial charge on any atom is 0.138 e. The van der Waals surface area contributed by atoms with Crippen LogP contribution in [-0.4, -0.2) is 10.1 Å². The highest BCUT2D eigenvalue weighted by Crippen LogP contribution is 2.32. The summed E-state index contributed by atoms with van der Waals surface area (Å²) in [6.07, 6.45) is 0. The van der Waals surface area contributed by atoms with Crippen molar-refractivity contribution >= 4 is 22.5 Å². The highest BCUT2D eigenvalue weighted by atomic mass is 35.5. The molecule has 16 heavy (non-hydrogen) atoms. The zero-order valence-electron chi connectivity index (χ0n) is 9.58. The molecule has 0 unspecified atom stereocenters. The van der Waals surface area contributed by atoms with E-state index in [0.29, 0.717) is 10.7 Å². The van der Waals surface area contributed by atoms with Gasteiger partial charge in [-0.2, -0.15) is 0 Å². The van der Waals surface area contributed by atoms with Crippen LogP contribution in [0.3, 0.4) is 0 Å². The quantitative estimate of drug-likeness (QED) is 0.752. The van der Waals surface area contributed by atoms with E-state index in [9.17, 15) is 5.11 Å². The van der Waals surface area contributed by atoms with Crippen molar-refractivity contribution in [3.63, 3.8) is 0 Å². The van der Waals surface area contributed by atoms with Gasteiger partial charge in [-0.15, -0.1) is 0 Å². The van der Waals surface area contributed by atoms with Crippen LogP contribution in [0.4, 0.5) is 0 Å². The van der Waals surface area contributed by atoms with Crippen LogP contribution in [0.1, 0.15) is 26.5 Å². The van der Waals surface area contributed by atoms with Gasteiger partial charge >= 0.3 is 0 Å². The van der Waals surface area contributed by atoms with E-state index >= 15 is 0 Å². The Morgan fingerprint density at radius 3 is 2.50 bits per heavy atom. The fourth-order valence-corrected chi connectivity index (χ4v) is 1.85. The molecule has 0 saturated carbocycles. The van der Waals surface area contributed by atoms with Crippen LogP contribution in [0.15, 0.2) is 24.3 Å². The lowest BCUT2D eigenvalue weighted by atomic mass is 9.90. The molecular formula is C13H14ClNO. The van der Waals surface area contributed by atoms with Gasteiger partial charge in [0, 0.05) is 15.8 Å². The summed E-state index contributed by atoms with van der Waals surface area (Å²) in [5, 5.41) is 11.5. The first-order valence-electron chi connectivity index (χ1n) is 5.18. The summed E-state index contributed by atoms with van der Waals surface area (Å²) in [5.74, 6) is 0.238. The number of hydrogen-bond donors (Lipinski definition) is 1. The zero-order valence-corrected chi connectivity index (χ0v) is 10.3. The van der Waals surface area contributed by atoms with E-state index in [2.05, 4.69) is 4.98 Å². The fraction of sp³-hybridized carbons (Fsp3) is 0.308. The third-order valence-electron chi connectivity index (χ3n) is 2.47. The van der Waals surface area contributed by atoms with Gasteiger partial charge in [0.1, 0.15) is 5.75 Å². The Hall–Kier alpha value is -1.28. The molecule has 1 aromatic carbocycles. The predicted molar refractivity (Wildman–Crippen MR) is 67.1 cm³/mol. The maximum atomic E-state index is 9.92. The molecule has 0 radical (unpaired) electrons. The van der Waals surface area contributed by atoms with Crippen LogP contribution in [0.25, 0.3) is 10.9 Å². The summed E-state index contributed by atoms with van der Waals surface area (Å²) in [7, 11) is 0. The van der Waals surface area contributed by atoms with Crippen LogP contribution < -0.4 is 0 Å². The first-order valence-corrected chi connectivity index (χ1v) is 5.55. The van der Waals surface area contributed by atoms with Crippen molar-refractivity contribution in [2.24, 2.45) is 0 Å². The smallest absolute Gasteiger partial charge is 0.138 e. The van der Waals surface area contributed by atoms with Crippen LogP contribution in [-0.2, 0) is 5.41 Å². The van der Waals surface area contributed by atoms with Gasteiger partial charge in [-0.05, 0) is 18.2 Å². The average Bonchev–Trinajstić information content (AvgIpc) is 2.16. The summed E-state index contributed by atoms with van der Waals surface area (Å²) < 4.78 is 0. The van der Waals surface area contributed by atoms with Gasteiger partial charge in [-0.25, -0.2) is 4.98 Å². The Morgan fingerprint density at radius 2 is 1.88 bits per heavy atom. The van der Waals surface area contributed by atoms with Gasteiger partial charge in [0.25, 0.3) is 0 Å². The van der Waals surface area contributed by atoms with E-state index in [4.69, 9.17) is 11.6 Å². The molecular weight excluding hydrogens is 222 g/mol. The van der Waals surface area contributed by atoms with E-state index in [1.165, 1.54) is 0 Å². The van der Waals surface area contributed by atoms with Crippen LogP contribution >= 0.6 is 11.6 Å². The van der Waals surface area contributed by atoms with Crippen molar-refractivity contribution in [2.75, 3.05) is 0 Å². The third-order valence-corrected chi connectivity index (χ3v) is 2.71. The molecule has 0 bridgehead atoms. The lowest BCUT2D eigenvalue weighted by molar-refractivity contribution is 0.440. The number of pyridine rings is 1. The highest BCUT2D eigenvalue weighted by Gasteiger charge is 2.20. The van der Waals surface area contributed by atoms with E-state index < -0.39 is 0 Å². The van der Waals surface area contributed by atoms with Crippen LogP contribution in [0.2, 0.25) is 5.02 Å². The number of aromatic hydroxyl groups is 1. The molecule has 84 valence electrons. The highest BCUT2D eigenvalue weighted by molar-refractivity contribution is 6.31. The molecule has 2 aromatic rings. The lowest BCUT2D eigenvalue weighted by Crippen LogP contribution is -2.13. The Bertz CT molecular complexity index is 543. The molecule has 0 aliphatic heterocycles. The summed E-state index contributed by atoms with van der Waals surface area (Å²) in [6, 6.07) is 7.20. The van der Waals surface area contributed by atoms with Crippen molar-refractivity contribution in [1.29, 1.82) is 0 Å². The van der Waals surface area contributed by atoms with Crippen LogP contribution in [0.5, 0.6) is 5.75 Å². The molecule has 1 heterocycles. The first kappa shape index (κ1) is 11.2. The Morgan fingerprint density at radius 1 is 1.19 bits per heavy atom. The number of aromatic nitrogens is 1.